The van der Waals surface area contributed by atoms with Crippen molar-refractivity contribution < 1.29 is 4.74 Å². The molecule has 0 aromatic carbocycles. The van der Waals surface area contributed by atoms with Gasteiger partial charge in [-0.25, -0.2) is 4.98 Å². The minimum absolute atomic E-state index is 0.0378. The second-order valence-electron chi connectivity index (χ2n) is 3.65. The lowest BCUT2D eigenvalue weighted by molar-refractivity contribution is 0.206. The molecule has 0 radical (unpaired) electrons. The SMILES string of the molecule is COCCN(C)c1ccc([C@@H](C)N)cn1. The molecule has 0 amide bonds. The molecule has 1 rings (SSSR count). The Morgan fingerprint density at radius 3 is 2.73 bits per heavy atom. The van der Waals surface area contributed by atoms with Crippen molar-refractivity contribution in [2.24, 2.45) is 5.73 Å². The maximum absolute atomic E-state index is 5.75. The van der Waals surface area contributed by atoms with Gasteiger partial charge in [0, 0.05) is 32.9 Å². The van der Waals surface area contributed by atoms with E-state index in [9.17, 15) is 0 Å². The van der Waals surface area contributed by atoms with Gasteiger partial charge < -0.3 is 15.4 Å². The van der Waals surface area contributed by atoms with Crippen LogP contribution in [0.5, 0.6) is 0 Å². The fourth-order valence-corrected chi connectivity index (χ4v) is 1.24. The summed E-state index contributed by atoms with van der Waals surface area (Å²) in [5.74, 6) is 0.941. The first-order valence-corrected chi connectivity index (χ1v) is 5.06. The number of nitrogens with zero attached hydrogens (tertiary/aromatic N) is 2. The topological polar surface area (TPSA) is 51.4 Å². The zero-order valence-corrected chi connectivity index (χ0v) is 9.60. The highest BCUT2D eigenvalue weighted by atomic mass is 16.5. The maximum Gasteiger partial charge on any atom is 0.128 e. The van der Waals surface area contributed by atoms with Gasteiger partial charge in [-0.1, -0.05) is 6.07 Å². The van der Waals surface area contributed by atoms with E-state index in [4.69, 9.17) is 10.5 Å². The molecule has 4 nitrogen and oxygen atoms in total. The smallest absolute Gasteiger partial charge is 0.128 e. The van der Waals surface area contributed by atoms with E-state index in [1.54, 1.807) is 7.11 Å². The van der Waals surface area contributed by atoms with Crippen molar-refractivity contribution in [3.05, 3.63) is 23.9 Å². The summed E-state index contributed by atoms with van der Waals surface area (Å²) in [5, 5.41) is 0. The zero-order valence-electron chi connectivity index (χ0n) is 9.60. The number of pyridine rings is 1. The van der Waals surface area contributed by atoms with Crippen LogP contribution in [0.25, 0.3) is 0 Å². The van der Waals surface area contributed by atoms with Crippen LogP contribution in [0.1, 0.15) is 18.5 Å². The summed E-state index contributed by atoms with van der Waals surface area (Å²) in [7, 11) is 3.69. The number of likely N-dealkylation sites (N-methyl/N-ethyl adjacent to an activating group) is 1. The number of ether oxygens (including phenoxy) is 1. The number of nitrogens with two attached hydrogens (primary N) is 1. The second kappa shape index (κ2) is 5.68. The molecule has 1 atom stereocenters. The molecular weight excluding hydrogens is 190 g/mol. The lowest BCUT2D eigenvalue weighted by Crippen LogP contribution is -2.23. The molecule has 0 spiro atoms. The Labute approximate surface area is 91.1 Å². The van der Waals surface area contributed by atoms with Crippen LogP contribution in [0.4, 0.5) is 5.82 Å². The highest BCUT2D eigenvalue weighted by Gasteiger charge is 2.03. The number of anilines is 1. The molecule has 0 saturated heterocycles. The Morgan fingerprint density at radius 1 is 1.53 bits per heavy atom. The van der Waals surface area contributed by atoms with Crippen LogP contribution in [0.2, 0.25) is 0 Å². The van der Waals surface area contributed by atoms with Gasteiger partial charge in [0.1, 0.15) is 5.82 Å². The van der Waals surface area contributed by atoms with Gasteiger partial charge >= 0.3 is 0 Å². The monoisotopic (exact) mass is 209 g/mol. The predicted octanol–water partition coefficient (Wildman–Crippen LogP) is 1.18. The third kappa shape index (κ3) is 3.49. The van der Waals surface area contributed by atoms with Crippen molar-refractivity contribution in [2.75, 3.05) is 32.2 Å². The Hall–Kier alpha value is -1.13. The van der Waals surface area contributed by atoms with Crippen LogP contribution < -0.4 is 10.6 Å². The van der Waals surface area contributed by atoms with E-state index in [1.165, 1.54) is 0 Å². The summed E-state index contributed by atoms with van der Waals surface area (Å²) in [6.07, 6.45) is 1.82. The molecule has 4 heteroatoms. The maximum atomic E-state index is 5.75. The van der Waals surface area contributed by atoms with Crippen LogP contribution in [0, 0.1) is 0 Å². The lowest BCUT2D eigenvalue weighted by Gasteiger charge is -2.18. The first-order valence-electron chi connectivity index (χ1n) is 5.06. The fraction of sp³-hybridized carbons (Fsp3) is 0.545. The molecule has 0 aliphatic heterocycles. The molecule has 0 bridgehead atoms. The minimum Gasteiger partial charge on any atom is -0.383 e. The summed E-state index contributed by atoms with van der Waals surface area (Å²) >= 11 is 0. The third-order valence-electron chi connectivity index (χ3n) is 2.32. The Kier molecular flexibility index (Phi) is 4.52. The first-order chi connectivity index (χ1) is 7.15. The third-order valence-corrected chi connectivity index (χ3v) is 2.32. The van der Waals surface area contributed by atoms with Crippen LogP contribution in [0.3, 0.4) is 0 Å². The largest absolute Gasteiger partial charge is 0.383 e. The molecule has 0 aliphatic carbocycles. The lowest BCUT2D eigenvalue weighted by atomic mass is 10.1. The van der Waals surface area contributed by atoms with Crippen LogP contribution >= 0.6 is 0 Å². The van der Waals surface area contributed by atoms with E-state index in [0.717, 1.165) is 17.9 Å². The summed E-state index contributed by atoms with van der Waals surface area (Å²) < 4.78 is 5.01. The Morgan fingerprint density at radius 2 is 2.27 bits per heavy atom. The first kappa shape index (κ1) is 11.9. The van der Waals surface area contributed by atoms with Crippen molar-refractivity contribution in [2.45, 2.75) is 13.0 Å². The van der Waals surface area contributed by atoms with Crippen molar-refractivity contribution >= 4 is 5.82 Å². The summed E-state index contributed by atoms with van der Waals surface area (Å²) in [6.45, 7) is 3.49. The number of hydrogen-bond acceptors (Lipinski definition) is 4. The van der Waals surface area contributed by atoms with Gasteiger partial charge in [-0.05, 0) is 18.6 Å². The zero-order chi connectivity index (χ0) is 11.3. The van der Waals surface area contributed by atoms with Crippen LogP contribution in [0.15, 0.2) is 18.3 Å². The molecule has 15 heavy (non-hydrogen) atoms. The Balaban J connectivity index is 2.62. The van der Waals surface area contributed by atoms with Crippen molar-refractivity contribution in [1.29, 1.82) is 0 Å². The second-order valence-corrected chi connectivity index (χ2v) is 3.65. The number of aromatic nitrogens is 1. The normalized spacial score (nSPS) is 12.5. The average molecular weight is 209 g/mol. The van der Waals surface area contributed by atoms with Gasteiger partial charge in [-0.3, -0.25) is 0 Å². The van der Waals surface area contributed by atoms with Gasteiger partial charge in [0.15, 0.2) is 0 Å². The van der Waals surface area contributed by atoms with Crippen LogP contribution in [-0.2, 0) is 4.74 Å². The minimum atomic E-state index is 0.0378. The van der Waals surface area contributed by atoms with Gasteiger partial charge in [0.05, 0.1) is 6.61 Å². The van der Waals surface area contributed by atoms with E-state index in [0.29, 0.717) is 6.61 Å². The number of hydrogen-bond donors (Lipinski definition) is 1. The molecule has 0 unspecified atom stereocenters. The molecular formula is C11H19N3O. The van der Waals surface area contributed by atoms with Gasteiger partial charge in [0.2, 0.25) is 0 Å². The van der Waals surface area contributed by atoms with E-state index < -0.39 is 0 Å². The van der Waals surface area contributed by atoms with Crippen LogP contribution in [-0.4, -0.2) is 32.3 Å². The standard InChI is InChI=1S/C11H19N3O/c1-9(12)10-4-5-11(13-8-10)14(2)6-7-15-3/h4-5,8-9H,6-7,12H2,1-3H3/t9-/m1/s1. The highest BCUT2D eigenvalue weighted by molar-refractivity contribution is 5.38. The number of methoxy groups -OCH3 is 1. The van der Waals surface area contributed by atoms with E-state index in [1.807, 2.05) is 32.3 Å². The average Bonchev–Trinajstić information content (AvgIpc) is 2.26. The molecule has 2 N–H and O–H groups in total. The molecule has 0 fully saturated rings. The predicted molar refractivity (Wildman–Crippen MR) is 62.0 cm³/mol. The van der Waals surface area contributed by atoms with Crippen molar-refractivity contribution in [1.82, 2.24) is 4.98 Å². The molecule has 1 aromatic heterocycles. The van der Waals surface area contributed by atoms with Gasteiger partial charge in [-0.15, -0.1) is 0 Å². The van der Waals surface area contributed by atoms with Gasteiger partial charge in [0.25, 0.3) is 0 Å². The van der Waals surface area contributed by atoms with Gasteiger partial charge in [-0.2, -0.15) is 0 Å². The van der Waals surface area contributed by atoms with Crippen molar-refractivity contribution in [3.8, 4) is 0 Å². The quantitative estimate of drug-likeness (QED) is 0.791. The summed E-state index contributed by atoms with van der Waals surface area (Å²) in [4.78, 5) is 6.39. The number of rotatable bonds is 5. The van der Waals surface area contributed by atoms with E-state index >= 15 is 0 Å². The summed E-state index contributed by atoms with van der Waals surface area (Å²) in [6, 6.07) is 4.03. The molecule has 0 aliphatic rings. The van der Waals surface area contributed by atoms with E-state index in [-0.39, 0.29) is 6.04 Å². The molecule has 84 valence electrons. The Bertz CT molecular complexity index is 284. The summed E-state index contributed by atoms with van der Waals surface area (Å²) in [5.41, 5.74) is 6.80. The van der Waals surface area contributed by atoms with Crippen molar-refractivity contribution in [3.63, 3.8) is 0 Å². The van der Waals surface area contributed by atoms with E-state index in [2.05, 4.69) is 9.88 Å². The molecule has 1 aromatic rings. The fourth-order valence-electron chi connectivity index (χ4n) is 1.24. The molecule has 1 heterocycles. The molecule has 0 saturated carbocycles. The highest BCUT2D eigenvalue weighted by Crippen LogP contribution is 2.13.